The van der Waals surface area contributed by atoms with E-state index in [0.717, 1.165) is 5.56 Å². The van der Waals surface area contributed by atoms with Gasteiger partial charge in [0.15, 0.2) is 0 Å². The van der Waals surface area contributed by atoms with Crippen LogP contribution in [0.3, 0.4) is 0 Å². The number of rotatable bonds is 10. The zero-order valence-electron chi connectivity index (χ0n) is 12.2. The summed E-state index contributed by atoms with van der Waals surface area (Å²) in [5, 5.41) is 11.8. The van der Waals surface area contributed by atoms with Gasteiger partial charge in [-0.1, -0.05) is 12.1 Å². The van der Waals surface area contributed by atoms with Crippen LogP contribution in [0.15, 0.2) is 24.3 Å². The fourth-order valence-electron chi connectivity index (χ4n) is 1.91. The topological polar surface area (TPSA) is 67.8 Å². The minimum absolute atomic E-state index is 0.0127. The molecule has 0 saturated heterocycles. The molecule has 0 fully saturated rings. The molecule has 0 bridgehead atoms. The summed E-state index contributed by atoms with van der Waals surface area (Å²) in [4.78, 5) is 11.4. The fraction of sp³-hybridized carbons (Fsp3) is 0.533. The number of halogens is 1. The number of carbonyl (C=O) groups is 1. The molecule has 0 aliphatic rings. The van der Waals surface area contributed by atoms with E-state index in [1.165, 1.54) is 19.2 Å². The van der Waals surface area contributed by atoms with Crippen molar-refractivity contribution in [1.29, 1.82) is 0 Å². The Kier molecular flexibility index (Phi) is 8.57. The first-order valence-corrected chi connectivity index (χ1v) is 6.89. The number of ether oxygens (including phenoxy) is 2. The monoisotopic (exact) mass is 299 g/mol. The standard InChI is InChI=1S/C15H22FNO4/c1-20-15(19)11-14(17-6-8-21-9-7-18)10-12-2-4-13(16)5-3-12/h2-5,14,17-18H,6-11H2,1H3. The highest BCUT2D eigenvalue weighted by Crippen LogP contribution is 2.08. The van der Waals surface area contributed by atoms with Crippen LogP contribution in [-0.4, -0.2) is 50.6 Å². The number of aliphatic hydroxyl groups is 1. The fourth-order valence-corrected chi connectivity index (χ4v) is 1.91. The third-order valence-corrected chi connectivity index (χ3v) is 2.95. The van der Waals surface area contributed by atoms with Gasteiger partial charge in [-0.15, -0.1) is 0 Å². The first kappa shape index (κ1) is 17.6. The van der Waals surface area contributed by atoms with Crippen LogP contribution >= 0.6 is 0 Å². The van der Waals surface area contributed by atoms with Crippen LogP contribution in [0, 0.1) is 5.82 Å². The molecule has 1 atom stereocenters. The molecule has 0 radical (unpaired) electrons. The lowest BCUT2D eigenvalue weighted by Gasteiger charge is -2.18. The third-order valence-electron chi connectivity index (χ3n) is 2.95. The number of methoxy groups -OCH3 is 1. The van der Waals surface area contributed by atoms with Gasteiger partial charge in [0, 0.05) is 12.6 Å². The smallest absolute Gasteiger partial charge is 0.307 e. The second-order valence-electron chi connectivity index (χ2n) is 4.60. The molecule has 0 aliphatic heterocycles. The van der Waals surface area contributed by atoms with Gasteiger partial charge in [0.25, 0.3) is 0 Å². The van der Waals surface area contributed by atoms with Crippen molar-refractivity contribution in [3.63, 3.8) is 0 Å². The van der Waals surface area contributed by atoms with Crippen molar-refractivity contribution in [2.24, 2.45) is 0 Å². The van der Waals surface area contributed by atoms with Gasteiger partial charge >= 0.3 is 5.97 Å². The Labute approximate surface area is 124 Å². The normalized spacial score (nSPS) is 12.1. The van der Waals surface area contributed by atoms with E-state index < -0.39 is 0 Å². The molecule has 0 aromatic heterocycles. The minimum Gasteiger partial charge on any atom is -0.469 e. The third kappa shape index (κ3) is 7.75. The highest BCUT2D eigenvalue weighted by atomic mass is 19.1. The molecule has 0 heterocycles. The van der Waals surface area contributed by atoms with Crippen molar-refractivity contribution in [3.8, 4) is 0 Å². The van der Waals surface area contributed by atoms with Crippen molar-refractivity contribution in [2.45, 2.75) is 18.9 Å². The quantitative estimate of drug-likeness (QED) is 0.496. The predicted octanol–water partition coefficient (Wildman–Crippen LogP) is 0.898. The average molecular weight is 299 g/mol. The maximum Gasteiger partial charge on any atom is 0.307 e. The lowest BCUT2D eigenvalue weighted by Crippen LogP contribution is -2.36. The molecule has 5 nitrogen and oxygen atoms in total. The second-order valence-corrected chi connectivity index (χ2v) is 4.60. The average Bonchev–Trinajstić information content (AvgIpc) is 2.49. The van der Waals surface area contributed by atoms with Crippen LogP contribution in [0.2, 0.25) is 0 Å². The summed E-state index contributed by atoms with van der Waals surface area (Å²) in [6, 6.07) is 6.08. The van der Waals surface area contributed by atoms with Gasteiger partial charge in [0.2, 0.25) is 0 Å². The highest BCUT2D eigenvalue weighted by Gasteiger charge is 2.14. The molecule has 0 saturated carbocycles. The molecule has 1 aromatic carbocycles. The van der Waals surface area contributed by atoms with Gasteiger partial charge in [-0.25, -0.2) is 4.39 Å². The van der Waals surface area contributed by atoms with E-state index in [1.807, 2.05) is 0 Å². The Hall–Kier alpha value is -1.50. The lowest BCUT2D eigenvalue weighted by atomic mass is 10.0. The number of hydrogen-bond donors (Lipinski definition) is 2. The highest BCUT2D eigenvalue weighted by molar-refractivity contribution is 5.69. The van der Waals surface area contributed by atoms with Gasteiger partial charge in [0.1, 0.15) is 5.82 Å². The molecule has 1 unspecified atom stereocenters. The van der Waals surface area contributed by atoms with Gasteiger partial charge in [-0.3, -0.25) is 4.79 Å². The van der Waals surface area contributed by atoms with Crippen LogP contribution in [0.25, 0.3) is 0 Å². The second kappa shape index (κ2) is 10.3. The minimum atomic E-state index is -0.300. The lowest BCUT2D eigenvalue weighted by molar-refractivity contribution is -0.141. The number of nitrogens with one attached hydrogen (secondary N) is 1. The Morgan fingerprint density at radius 1 is 1.33 bits per heavy atom. The summed E-state index contributed by atoms with van der Waals surface area (Å²) in [7, 11) is 1.35. The first-order chi connectivity index (χ1) is 10.2. The summed E-state index contributed by atoms with van der Waals surface area (Å²) < 4.78 is 22.7. The van der Waals surface area contributed by atoms with Gasteiger partial charge in [0.05, 0.1) is 33.4 Å². The van der Waals surface area contributed by atoms with Gasteiger partial charge in [-0.2, -0.15) is 0 Å². The maximum atomic E-state index is 12.9. The summed E-state index contributed by atoms with van der Waals surface area (Å²) in [6.07, 6.45) is 0.823. The molecule has 118 valence electrons. The number of esters is 1. The van der Waals surface area contributed by atoms with E-state index in [1.54, 1.807) is 12.1 Å². The SMILES string of the molecule is COC(=O)CC(Cc1ccc(F)cc1)NCCOCCO. The molecule has 6 heteroatoms. The van der Waals surface area contributed by atoms with E-state index in [9.17, 15) is 9.18 Å². The Balaban J connectivity index is 2.47. The van der Waals surface area contributed by atoms with Crippen LogP contribution in [0.4, 0.5) is 4.39 Å². The molecule has 1 rings (SSSR count). The zero-order chi connectivity index (χ0) is 15.5. The van der Waals surface area contributed by atoms with E-state index in [0.29, 0.717) is 26.2 Å². The van der Waals surface area contributed by atoms with E-state index in [2.05, 4.69) is 10.1 Å². The predicted molar refractivity (Wildman–Crippen MR) is 76.4 cm³/mol. The summed E-state index contributed by atoms with van der Waals surface area (Å²) in [5.74, 6) is -0.584. The summed E-state index contributed by atoms with van der Waals surface area (Å²) >= 11 is 0. The van der Waals surface area contributed by atoms with Crippen molar-refractivity contribution < 1.29 is 23.8 Å². The molecular formula is C15H22FNO4. The molecule has 2 N–H and O–H groups in total. The van der Waals surface area contributed by atoms with Gasteiger partial charge in [-0.05, 0) is 24.1 Å². The van der Waals surface area contributed by atoms with E-state index in [4.69, 9.17) is 9.84 Å². The summed E-state index contributed by atoms with van der Waals surface area (Å²) in [5.41, 5.74) is 0.939. The maximum absolute atomic E-state index is 12.9. The molecule has 1 aromatic rings. The molecule has 0 aliphatic carbocycles. The van der Waals surface area contributed by atoms with Crippen molar-refractivity contribution in [1.82, 2.24) is 5.32 Å². The number of hydrogen-bond acceptors (Lipinski definition) is 5. The molecule has 0 amide bonds. The van der Waals surface area contributed by atoms with Crippen LogP contribution in [0.5, 0.6) is 0 Å². The van der Waals surface area contributed by atoms with Crippen LogP contribution in [0.1, 0.15) is 12.0 Å². The first-order valence-electron chi connectivity index (χ1n) is 6.89. The van der Waals surface area contributed by atoms with Crippen molar-refractivity contribution >= 4 is 5.97 Å². The number of carbonyl (C=O) groups excluding carboxylic acids is 1. The van der Waals surface area contributed by atoms with E-state index >= 15 is 0 Å². The Morgan fingerprint density at radius 3 is 2.67 bits per heavy atom. The number of aliphatic hydroxyl groups excluding tert-OH is 1. The Morgan fingerprint density at radius 2 is 2.05 bits per heavy atom. The molecule has 21 heavy (non-hydrogen) atoms. The molecular weight excluding hydrogens is 277 g/mol. The van der Waals surface area contributed by atoms with E-state index in [-0.39, 0.29) is 30.9 Å². The van der Waals surface area contributed by atoms with Crippen LogP contribution < -0.4 is 5.32 Å². The largest absolute Gasteiger partial charge is 0.469 e. The molecule has 0 spiro atoms. The van der Waals surface area contributed by atoms with Gasteiger partial charge < -0.3 is 19.9 Å². The van der Waals surface area contributed by atoms with Crippen molar-refractivity contribution in [3.05, 3.63) is 35.6 Å². The number of benzene rings is 1. The zero-order valence-corrected chi connectivity index (χ0v) is 12.2. The Bertz CT molecular complexity index is 411. The van der Waals surface area contributed by atoms with Crippen molar-refractivity contribution in [2.75, 3.05) is 33.5 Å². The van der Waals surface area contributed by atoms with Crippen LogP contribution in [-0.2, 0) is 20.7 Å². The summed E-state index contributed by atoms with van der Waals surface area (Å²) in [6.45, 7) is 1.28.